The molecule has 2 amide bonds. The number of carbonyl (C=O) groups is 2. The van der Waals surface area contributed by atoms with Gasteiger partial charge in [-0.1, -0.05) is 41.2 Å². The number of rotatable bonds is 10. The van der Waals surface area contributed by atoms with E-state index in [1.165, 1.54) is 11.3 Å². The fourth-order valence-corrected chi connectivity index (χ4v) is 3.60. The van der Waals surface area contributed by atoms with Crippen LogP contribution < -0.4 is 15.4 Å². The number of hydrogen-bond donors (Lipinski definition) is 2. The second-order valence-electron chi connectivity index (χ2n) is 7.03. The molecule has 0 aliphatic carbocycles. The maximum Gasteiger partial charge on any atom is 0.286 e. The third-order valence-electron chi connectivity index (χ3n) is 4.49. The minimum atomic E-state index is -0.277. The predicted molar refractivity (Wildman–Crippen MR) is 121 cm³/mol. The number of nitrogens with zero attached hydrogens (tertiary/aromatic N) is 2. The predicted octanol–water partition coefficient (Wildman–Crippen LogP) is 4.14. The molecule has 0 saturated heterocycles. The number of hydrogen-bond acceptors (Lipinski definition) is 6. The topological polar surface area (TPSA) is 93.2 Å². The SMILES string of the molecule is CCOc1ccc(CNC(=O)CCCc2nnc(C(=O)Nc3ccc(C)cc3)s2)cc1. The maximum absolute atomic E-state index is 12.3. The van der Waals surface area contributed by atoms with Gasteiger partial charge in [0.15, 0.2) is 0 Å². The van der Waals surface area contributed by atoms with Crippen molar-refractivity contribution in [1.82, 2.24) is 15.5 Å². The summed E-state index contributed by atoms with van der Waals surface area (Å²) in [4.78, 5) is 24.4. The van der Waals surface area contributed by atoms with Crippen LogP contribution in [0.25, 0.3) is 0 Å². The van der Waals surface area contributed by atoms with E-state index in [4.69, 9.17) is 4.74 Å². The van der Waals surface area contributed by atoms with Gasteiger partial charge in [0.05, 0.1) is 6.61 Å². The van der Waals surface area contributed by atoms with Gasteiger partial charge in [-0.2, -0.15) is 0 Å². The largest absolute Gasteiger partial charge is 0.494 e. The van der Waals surface area contributed by atoms with E-state index in [1.807, 2.05) is 62.4 Å². The monoisotopic (exact) mass is 438 g/mol. The Morgan fingerprint density at radius 2 is 1.77 bits per heavy atom. The Bertz CT molecular complexity index is 1000. The molecule has 0 aliphatic rings. The molecule has 2 aromatic carbocycles. The van der Waals surface area contributed by atoms with Gasteiger partial charge in [-0.25, -0.2) is 0 Å². The first-order valence-electron chi connectivity index (χ1n) is 10.2. The highest BCUT2D eigenvalue weighted by atomic mass is 32.1. The number of aromatic nitrogens is 2. The van der Waals surface area contributed by atoms with E-state index in [2.05, 4.69) is 20.8 Å². The Morgan fingerprint density at radius 3 is 2.48 bits per heavy atom. The third-order valence-corrected chi connectivity index (χ3v) is 5.47. The molecule has 1 aromatic heterocycles. The van der Waals surface area contributed by atoms with E-state index in [0.717, 1.165) is 27.6 Å². The summed E-state index contributed by atoms with van der Waals surface area (Å²) in [6.45, 7) is 5.04. The van der Waals surface area contributed by atoms with E-state index >= 15 is 0 Å². The number of nitrogens with one attached hydrogen (secondary N) is 2. The van der Waals surface area contributed by atoms with E-state index in [0.29, 0.717) is 37.4 Å². The molecule has 3 aromatic rings. The maximum atomic E-state index is 12.3. The lowest BCUT2D eigenvalue weighted by molar-refractivity contribution is -0.121. The summed E-state index contributed by atoms with van der Waals surface area (Å²) in [6, 6.07) is 15.2. The number of amides is 2. The van der Waals surface area contributed by atoms with Gasteiger partial charge >= 0.3 is 0 Å². The van der Waals surface area contributed by atoms with Crippen molar-refractivity contribution in [2.45, 2.75) is 39.7 Å². The highest BCUT2D eigenvalue weighted by Gasteiger charge is 2.13. The molecule has 0 aliphatic heterocycles. The first-order chi connectivity index (χ1) is 15.0. The van der Waals surface area contributed by atoms with Crippen LogP contribution in [-0.4, -0.2) is 28.6 Å². The number of aryl methyl sites for hydroxylation is 2. The highest BCUT2D eigenvalue weighted by molar-refractivity contribution is 7.13. The number of carbonyl (C=O) groups excluding carboxylic acids is 2. The van der Waals surface area contributed by atoms with Crippen LogP contribution in [0.15, 0.2) is 48.5 Å². The Morgan fingerprint density at radius 1 is 1.03 bits per heavy atom. The molecule has 0 unspecified atom stereocenters. The number of anilines is 1. The Labute approximate surface area is 185 Å². The van der Waals surface area contributed by atoms with Gasteiger partial charge in [-0.05, 0) is 50.1 Å². The second-order valence-corrected chi connectivity index (χ2v) is 8.09. The van der Waals surface area contributed by atoms with Crippen LogP contribution in [0.1, 0.15) is 45.7 Å². The summed E-state index contributed by atoms with van der Waals surface area (Å²) >= 11 is 1.25. The molecular weight excluding hydrogens is 412 g/mol. The Hall–Kier alpha value is -3.26. The average Bonchev–Trinajstić information content (AvgIpc) is 3.24. The Balaban J connectivity index is 1.38. The van der Waals surface area contributed by atoms with E-state index in [1.54, 1.807) is 0 Å². The molecule has 1 heterocycles. The average molecular weight is 439 g/mol. The first kappa shape index (κ1) is 22.4. The molecule has 162 valence electrons. The summed E-state index contributed by atoms with van der Waals surface area (Å²) in [5.74, 6) is 0.526. The summed E-state index contributed by atoms with van der Waals surface area (Å²) in [7, 11) is 0. The van der Waals surface area contributed by atoms with Crippen molar-refractivity contribution in [2.24, 2.45) is 0 Å². The lowest BCUT2D eigenvalue weighted by Crippen LogP contribution is -2.22. The highest BCUT2D eigenvalue weighted by Crippen LogP contribution is 2.16. The molecule has 31 heavy (non-hydrogen) atoms. The summed E-state index contributed by atoms with van der Waals surface area (Å²) < 4.78 is 5.41. The molecule has 0 bridgehead atoms. The van der Waals surface area contributed by atoms with Gasteiger partial charge in [0.2, 0.25) is 10.9 Å². The molecular formula is C23H26N4O3S. The van der Waals surface area contributed by atoms with Crippen molar-refractivity contribution in [3.63, 3.8) is 0 Å². The Kier molecular flexibility index (Phi) is 8.12. The lowest BCUT2D eigenvalue weighted by Gasteiger charge is -2.07. The van der Waals surface area contributed by atoms with Crippen LogP contribution in [-0.2, 0) is 17.8 Å². The lowest BCUT2D eigenvalue weighted by atomic mass is 10.2. The van der Waals surface area contributed by atoms with Gasteiger partial charge in [0.25, 0.3) is 5.91 Å². The zero-order valence-electron chi connectivity index (χ0n) is 17.7. The van der Waals surface area contributed by atoms with Gasteiger partial charge in [-0.3, -0.25) is 9.59 Å². The van der Waals surface area contributed by atoms with Gasteiger partial charge in [0, 0.05) is 25.1 Å². The van der Waals surface area contributed by atoms with Crippen LogP contribution in [0.2, 0.25) is 0 Å². The zero-order valence-corrected chi connectivity index (χ0v) is 18.5. The van der Waals surface area contributed by atoms with Crippen LogP contribution >= 0.6 is 11.3 Å². The van der Waals surface area contributed by atoms with Crippen molar-refractivity contribution in [2.75, 3.05) is 11.9 Å². The quantitative estimate of drug-likeness (QED) is 0.496. The molecule has 2 N–H and O–H groups in total. The van der Waals surface area contributed by atoms with Gasteiger partial charge < -0.3 is 15.4 Å². The molecule has 7 nitrogen and oxygen atoms in total. The molecule has 0 atom stereocenters. The summed E-state index contributed by atoms with van der Waals surface area (Å²) in [6.07, 6.45) is 1.64. The van der Waals surface area contributed by atoms with Crippen molar-refractivity contribution in [3.8, 4) is 5.75 Å². The molecule has 0 spiro atoms. The van der Waals surface area contributed by atoms with E-state index in [-0.39, 0.29) is 11.8 Å². The first-order valence-corrected chi connectivity index (χ1v) is 11.0. The smallest absolute Gasteiger partial charge is 0.286 e. The summed E-state index contributed by atoms with van der Waals surface area (Å²) in [5, 5.41) is 14.8. The minimum absolute atomic E-state index is 0.0178. The van der Waals surface area contributed by atoms with Crippen LogP contribution in [0, 0.1) is 6.92 Å². The molecule has 3 rings (SSSR count). The van der Waals surface area contributed by atoms with Gasteiger partial charge in [-0.15, -0.1) is 10.2 Å². The standard InChI is InChI=1S/C23H26N4O3S/c1-3-30-19-13-9-17(10-14-19)15-24-20(28)5-4-6-21-26-27-23(31-21)22(29)25-18-11-7-16(2)8-12-18/h7-14H,3-6,15H2,1-2H3,(H,24,28)(H,25,29). The van der Waals surface area contributed by atoms with Gasteiger partial charge in [0.1, 0.15) is 10.8 Å². The van der Waals surface area contributed by atoms with Crippen molar-refractivity contribution >= 4 is 28.8 Å². The van der Waals surface area contributed by atoms with Crippen LogP contribution in [0.5, 0.6) is 5.75 Å². The van der Waals surface area contributed by atoms with Crippen molar-refractivity contribution in [3.05, 3.63) is 69.7 Å². The second kappa shape index (κ2) is 11.2. The summed E-state index contributed by atoms with van der Waals surface area (Å²) in [5.41, 5.74) is 2.86. The van der Waals surface area contributed by atoms with Crippen molar-refractivity contribution in [1.29, 1.82) is 0 Å². The molecule has 0 saturated carbocycles. The van der Waals surface area contributed by atoms with E-state index in [9.17, 15) is 9.59 Å². The third kappa shape index (κ3) is 7.18. The normalized spacial score (nSPS) is 10.5. The fraction of sp³-hybridized carbons (Fsp3) is 0.304. The zero-order chi connectivity index (χ0) is 22.1. The van der Waals surface area contributed by atoms with Crippen LogP contribution in [0.3, 0.4) is 0 Å². The number of benzene rings is 2. The molecule has 8 heteroatoms. The van der Waals surface area contributed by atoms with Crippen molar-refractivity contribution < 1.29 is 14.3 Å². The molecule has 0 radical (unpaired) electrons. The van der Waals surface area contributed by atoms with E-state index < -0.39 is 0 Å². The number of ether oxygens (including phenoxy) is 1. The van der Waals surface area contributed by atoms with Crippen LogP contribution in [0.4, 0.5) is 5.69 Å². The minimum Gasteiger partial charge on any atom is -0.494 e. The fourth-order valence-electron chi connectivity index (χ4n) is 2.83. The molecule has 0 fully saturated rings.